The molecule has 2 amide bonds. The number of halogens is 3. The van der Waals surface area contributed by atoms with Gasteiger partial charge in [-0.3, -0.25) is 14.5 Å². The van der Waals surface area contributed by atoms with Crippen molar-refractivity contribution in [2.45, 2.75) is 19.6 Å². The molecule has 1 fully saturated rings. The van der Waals surface area contributed by atoms with Gasteiger partial charge in [0.15, 0.2) is 0 Å². The van der Waals surface area contributed by atoms with E-state index in [1.54, 1.807) is 11.8 Å². The lowest BCUT2D eigenvalue weighted by molar-refractivity contribution is -0.142. The molecular weight excluding hydrogens is 431 g/mol. The number of aromatic nitrogens is 2. The second-order valence-corrected chi connectivity index (χ2v) is 7.23. The van der Waals surface area contributed by atoms with Crippen LogP contribution < -0.4 is 10.9 Å². The number of nitrogens with one attached hydrogen (secondary N) is 1. The molecule has 0 unspecified atom stereocenters. The molecule has 0 aromatic carbocycles. The number of urea groups is 1. The van der Waals surface area contributed by atoms with Gasteiger partial charge in [-0.2, -0.15) is 13.2 Å². The third-order valence-electron chi connectivity index (χ3n) is 5.12. The van der Waals surface area contributed by atoms with E-state index in [1.165, 1.54) is 16.8 Å². The Kier molecular flexibility index (Phi) is 7.33. The summed E-state index contributed by atoms with van der Waals surface area (Å²) in [6.45, 7) is 4.75. The zero-order chi connectivity index (χ0) is 23.3. The van der Waals surface area contributed by atoms with Crippen LogP contribution in [0, 0.1) is 0 Å². The molecule has 1 aliphatic heterocycles. The summed E-state index contributed by atoms with van der Waals surface area (Å²) in [7, 11) is 0. The predicted octanol–water partition coefficient (Wildman–Crippen LogP) is 1.31. The van der Waals surface area contributed by atoms with Crippen molar-refractivity contribution in [1.29, 1.82) is 0 Å². The number of hydrogen-bond donors (Lipinski definition) is 1. The lowest BCUT2D eigenvalue weighted by Crippen LogP contribution is -2.53. The molecule has 0 bridgehead atoms. The fourth-order valence-electron chi connectivity index (χ4n) is 3.40. The largest absolute Gasteiger partial charge is 0.465 e. The molecule has 0 atom stereocenters. The summed E-state index contributed by atoms with van der Waals surface area (Å²) in [5.41, 5.74) is -1.43. The molecule has 2 aromatic rings. The predicted molar refractivity (Wildman–Crippen MR) is 109 cm³/mol. The van der Waals surface area contributed by atoms with Crippen LogP contribution in [0.2, 0.25) is 0 Å². The van der Waals surface area contributed by atoms with Gasteiger partial charge in [-0.15, -0.1) is 0 Å². The summed E-state index contributed by atoms with van der Waals surface area (Å²) < 4.78 is 44.6. The Balaban J connectivity index is 1.52. The first-order chi connectivity index (χ1) is 15.2. The summed E-state index contributed by atoms with van der Waals surface area (Å²) in [6.07, 6.45) is -3.13. The minimum absolute atomic E-state index is 0.00326. The van der Waals surface area contributed by atoms with E-state index in [4.69, 9.17) is 4.74 Å². The van der Waals surface area contributed by atoms with E-state index in [0.717, 1.165) is 12.1 Å². The summed E-state index contributed by atoms with van der Waals surface area (Å²) in [5.74, 6) is -0.495. The monoisotopic (exact) mass is 455 g/mol. The molecule has 0 saturated carbocycles. The van der Waals surface area contributed by atoms with Gasteiger partial charge in [0.1, 0.15) is 12.2 Å². The Bertz CT molecular complexity index is 1030. The molecule has 0 spiro atoms. The first-order valence-corrected chi connectivity index (χ1v) is 10.2. The lowest BCUT2D eigenvalue weighted by atomic mass is 10.2. The lowest BCUT2D eigenvalue weighted by Gasteiger charge is -2.34. The van der Waals surface area contributed by atoms with Gasteiger partial charge < -0.3 is 19.5 Å². The summed E-state index contributed by atoms with van der Waals surface area (Å²) in [6, 6.07) is 3.02. The second-order valence-electron chi connectivity index (χ2n) is 7.23. The first-order valence-electron chi connectivity index (χ1n) is 10.2. The Labute approximate surface area is 181 Å². The van der Waals surface area contributed by atoms with E-state index in [9.17, 15) is 27.6 Å². The molecule has 1 aliphatic rings. The number of rotatable bonds is 6. The van der Waals surface area contributed by atoms with Crippen molar-refractivity contribution in [2.75, 3.05) is 45.9 Å². The zero-order valence-electron chi connectivity index (χ0n) is 17.5. The number of alkyl halides is 3. The third kappa shape index (κ3) is 5.75. The minimum atomic E-state index is -4.57. The van der Waals surface area contributed by atoms with E-state index in [2.05, 4.69) is 15.2 Å². The van der Waals surface area contributed by atoms with Gasteiger partial charge in [0.25, 0.3) is 5.56 Å². The molecule has 3 rings (SSSR count). The van der Waals surface area contributed by atoms with Crippen LogP contribution in [-0.4, -0.2) is 77.2 Å². The number of hydrogen-bond acceptors (Lipinski definition) is 6. The van der Waals surface area contributed by atoms with Gasteiger partial charge in [-0.1, -0.05) is 0 Å². The highest BCUT2D eigenvalue weighted by Gasteiger charge is 2.32. The normalized spacial score (nSPS) is 15.1. The van der Waals surface area contributed by atoms with Crippen molar-refractivity contribution in [3.63, 3.8) is 0 Å². The van der Waals surface area contributed by atoms with E-state index >= 15 is 0 Å². The molecular formula is C20H24F3N5O4. The van der Waals surface area contributed by atoms with Gasteiger partial charge in [-0.05, 0) is 25.1 Å². The van der Waals surface area contributed by atoms with E-state index in [0.29, 0.717) is 39.3 Å². The first kappa shape index (κ1) is 23.5. The molecule has 1 saturated heterocycles. The number of amides is 2. The van der Waals surface area contributed by atoms with Gasteiger partial charge in [-0.25, -0.2) is 9.78 Å². The van der Waals surface area contributed by atoms with Gasteiger partial charge in [0.2, 0.25) is 0 Å². The maximum absolute atomic E-state index is 12.8. The molecule has 9 nitrogen and oxygen atoms in total. The number of carbonyl (C=O) groups excluding carboxylic acids is 2. The highest BCUT2D eigenvalue weighted by Crippen LogP contribution is 2.28. The smallest absolute Gasteiger partial charge is 0.433 e. The quantitative estimate of drug-likeness (QED) is 0.660. The molecule has 174 valence electrons. The van der Waals surface area contributed by atoms with Crippen molar-refractivity contribution in [3.8, 4) is 0 Å². The van der Waals surface area contributed by atoms with Crippen molar-refractivity contribution in [3.05, 3.63) is 40.4 Å². The number of carbonyl (C=O) groups is 2. The van der Waals surface area contributed by atoms with Gasteiger partial charge >= 0.3 is 18.2 Å². The molecule has 0 aliphatic carbocycles. The fraction of sp³-hybridized carbons (Fsp3) is 0.500. The number of nitrogens with zero attached hydrogens (tertiary/aromatic N) is 4. The molecule has 32 heavy (non-hydrogen) atoms. The van der Waals surface area contributed by atoms with Crippen molar-refractivity contribution >= 4 is 22.9 Å². The number of pyridine rings is 2. The Morgan fingerprint density at radius 1 is 1.12 bits per heavy atom. The topological polar surface area (TPSA) is 96.8 Å². The summed E-state index contributed by atoms with van der Waals surface area (Å²) >= 11 is 0. The zero-order valence-corrected chi connectivity index (χ0v) is 17.5. The molecule has 0 radical (unpaired) electrons. The molecule has 3 heterocycles. The van der Waals surface area contributed by atoms with Crippen LogP contribution in [0.25, 0.3) is 10.9 Å². The highest BCUT2D eigenvalue weighted by atomic mass is 19.4. The number of esters is 1. The van der Waals surface area contributed by atoms with Crippen LogP contribution >= 0.6 is 0 Å². The average molecular weight is 455 g/mol. The minimum Gasteiger partial charge on any atom is -0.465 e. The maximum atomic E-state index is 12.8. The molecule has 12 heteroatoms. The SMILES string of the molecule is CCOC(=O)CNC(=O)N1CCN(CCn2ccc3nc(C(F)(F)F)ccc3c2=O)CC1. The number of fused-ring (bicyclic) bond motifs is 1. The average Bonchev–Trinajstić information content (AvgIpc) is 2.77. The van der Waals surface area contributed by atoms with Crippen molar-refractivity contribution in [1.82, 2.24) is 24.7 Å². The maximum Gasteiger partial charge on any atom is 0.433 e. The highest BCUT2D eigenvalue weighted by molar-refractivity contribution is 5.81. The van der Waals surface area contributed by atoms with E-state index in [-0.39, 0.29) is 30.1 Å². The van der Waals surface area contributed by atoms with Gasteiger partial charge in [0.05, 0.1) is 17.5 Å². The Hall–Kier alpha value is -3.15. The number of piperazine rings is 1. The van der Waals surface area contributed by atoms with Crippen LogP contribution in [-0.2, 0) is 22.3 Å². The molecule has 2 aromatic heterocycles. The van der Waals surface area contributed by atoms with Crippen molar-refractivity contribution in [2.24, 2.45) is 0 Å². The van der Waals surface area contributed by atoms with Crippen LogP contribution in [0.1, 0.15) is 12.6 Å². The Morgan fingerprint density at radius 3 is 2.50 bits per heavy atom. The fourth-order valence-corrected chi connectivity index (χ4v) is 3.40. The Morgan fingerprint density at radius 2 is 1.84 bits per heavy atom. The van der Waals surface area contributed by atoms with Crippen molar-refractivity contribution < 1.29 is 27.5 Å². The van der Waals surface area contributed by atoms with Gasteiger partial charge in [0, 0.05) is 45.5 Å². The third-order valence-corrected chi connectivity index (χ3v) is 5.12. The van der Waals surface area contributed by atoms with Crippen LogP contribution in [0.3, 0.4) is 0 Å². The molecule has 1 N–H and O–H groups in total. The van der Waals surface area contributed by atoms with E-state index < -0.39 is 23.4 Å². The van der Waals surface area contributed by atoms with Crippen LogP contribution in [0.4, 0.5) is 18.0 Å². The van der Waals surface area contributed by atoms with Crippen LogP contribution in [0.15, 0.2) is 29.2 Å². The van der Waals surface area contributed by atoms with Crippen LogP contribution in [0.5, 0.6) is 0 Å². The standard InChI is InChI=1S/C20H24F3N5O4/c1-2-32-17(29)13-24-19(31)28-11-8-26(9-12-28)7-10-27-6-5-15-14(18(27)30)3-4-16(25-15)20(21,22)23/h3-6H,2,7-13H2,1H3,(H,24,31). The number of ether oxygens (including phenoxy) is 1. The summed E-state index contributed by atoms with van der Waals surface area (Å²) in [5, 5.41) is 2.65. The van der Waals surface area contributed by atoms with E-state index in [1.807, 2.05) is 0 Å². The second kappa shape index (κ2) is 9.98. The summed E-state index contributed by atoms with van der Waals surface area (Å²) in [4.78, 5) is 43.3.